The Kier molecular flexibility index (Phi) is 3.73. The minimum Gasteiger partial charge on any atom is -0.379 e. The first kappa shape index (κ1) is 12.8. The van der Waals surface area contributed by atoms with E-state index in [1.807, 2.05) is 4.90 Å². The van der Waals surface area contributed by atoms with Gasteiger partial charge in [0.25, 0.3) is 0 Å². The van der Waals surface area contributed by atoms with E-state index in [1.54, 1.807) is 0 Å². The van der Waals surface area contributed by atoms with Crippen molar-refractivity contribution < 1.29 is 9.53 Å². The summed E-state index contributed by atoms with van der Waals surface area (Å²) in [7, 11) is 0. The molecule has 1 saturated heterocycles. The van der Waals surface area contributed by atoms with Gasteiger partial charge in [-0.2, -0.15) is 0 Å². The van der Waals surface area contributed by atoms with Crippen molar-refractivity contribution in [2.24, 2.45) is 11.7 Å². The average Bonchev–Trinajstić information content (AvgIpc) is 3.01. The molecule has 0 aromatic heterocycles. The molecule has 1 atom stereocenters. The van der Waals surface area contributed by atoms with Crippen LogP contribution in [0.3, 0.4) is 0 Å². The van der Waals surface area contributed by atoms with Crippen molar-refractivity contribution in [3.8, 4) is 0 Å². The zero-order valence-electron chi connectivity index (χ0n) is 10.9. The van der Waals surface area contributed by atoms with Crippen LogP contribution in [0.5, 0.6) is 0 Å². The highest BCUT2D eigenvalue weighted by Crippen LogP contribution is 2.31. The molecule has 1 heterocycles. The zero-order valence-corrected chi connectivity index (χ0v) is 10.9. The Morgan fingerprint density at radius 1 is 1.53 bits per heavy atom. The summed E-state index contributed by atoms with van der Waals surface area (Å²) >= 11 is 0. The molecule has 0 spiro atoms. The van der Waals surface area contributed by atoms with Gasteiger partial charge in [0.2, 0.25) is 5.91 Å². The maximum atomic E-state index is 12.5. The van der Waals surface area contributed by atoms with Crippen LogP contribution in [0.2, 0.25) is 0 Å². The Hall–Kier alpha value is -0.610. The highest BCUT2D eigenvalue weighted by atomic mass is 16.5. The summed E-state index contributed by atoms with van der Waals surface area (Å²) in [6.45, 7) is 6.22. The lowest BCUT2D eigenvalue weighted by molar-refractivity contribution is -0.137. The summed E-state index contributed by atoms with van der Waals surface area (Å²) in [6.07, 6.45) is 4.00. The van der Waals surface area contributed by atoms with Crippen LogP contribution in [0.4, 0.5) is 0 Å². The predicted molar refractivity (Wildman–Crippen MR) is 66.5 cm³/mol. The molecule has 2 aliphatic rings. The molecule has 4 heteroatoms. The van der Waals surface area contributed by atoms with Gasteiger partial charge in [-0.3, -0.25) is 4.79 Å². The first-order chi connectivity index (χ1) is 8.03. The quantitative estimate of drug-likeness (QED) is 0.784. The topological polar surface area (TPSA) is 55.6 Å². The molecule has 98 valence electrons. The van der Waals surface area contributed by atoms with Crippen LogP contribution in [-0.2, 0) is 9.53 Å². The SMILES string of the molecule is CC(C)CCN(C(=O)C1(N)CCOC1)C1CC1. The van der Waals surface area contributed by atoms with E-state index in [4.69, 9.17) is 10.5 Å². The standard InChI is InChI=1S/C13H24N2O2/c1-10(2)5-7-15(11-3-4-11)12(16)13(14)6-8-17-9-13/h10-11H,3-9,14H2,1-2H3. The van der Waals surface area contributed by atoms with Crippen LogP contribution >= 0.6 is 0 Å². The second kappa shape index (κ2) is 4.94. The van der Waals surface area contributed by atoms with Crippen LogP contribution in [0.1, 0.15) is 39.5 Å². The number of ether oxygens (including phenoxy) is 1. The number of nitrogens with zero attached hydrogens (tertiary/aromatic N) is 1. The molecule has 1 saturated carbocycles. The van der Waals surface area contributed by atoms with E-state index in [0.717, 1.165) is 25.8 Å². The third-order valence-corrected chi connectivity index (χ3v) is 3.67. The summed E-state index contributed by atoms with van der Waals surface area (Å²) in [6, 6.07) is 0.447. The molecular weight excluding hydrogens is 216 g/mol. The molecule has 17 heavy (non-hydrogen) atoms. The van der Waals surface area contributed by atoms with Gasteiger partial charge in [0, 0.05) is 19.2 Å². The van der Waals surface area contributed by atoms with Gasteiger partial charge in [-0.1, -0.05) is 13.8 Å². The molecule has 0 aromatic carbocycles. The minimum atomic E-state index is -0.750. The molecule has 1 amide bonds. The number of hydrogen-bond acceptors (Lipinski definition) is 3. The average molecular weight is 240 g/mol. The second-order valence-corrected chi connectivity index (χ2v) is 5.87. The van der Waals surface area contributed by atoms with E-state index >= 15 is 0 Å². The fourth-order valence-electron chi connectivity index (χ4n) is 2.27. The summed E-state index contributed by atoms with van der Waals surface area (Å²) in [5.74, 6) is 0.732. The minimum absolute atomic E-state index is 0.109. The van der Waals surface area contributed by atoms with E-state index in [9.17, 15) is 4.79 Å². The number of amides is 1. The van der Waals surface area contributed by atoms with Crippen molar-refractivity contribution in [2.75, 3.05) is 19.8 Å². The third kappa shape index (κ3) is 2.99. The third-order valence-electron chi connectivity index (χ3n) is 3.67. The number of hydrogen-bond donors (Lipinski definition) is 1. The Morgan fingerprint density at radius 2 is 2.24 bits per heavy atom. The van der Waals surface area contributed by atoms with Gasteiger partial charge in [-0.25, -0.2) is 0 Å². The molecule has 0 aromatic rings. The van der Waals surface area contributed by atoms with Crippen LogP contribution < -0.4 is 5.73 Å². The molecule has 1 unspecified atom stereocenters. The zero-order chi connectivity index (χ0) is 12.5. The highest BCUT2D eigenvalue weighted by molar-refractivity contribution is 5.87. The molecule has 1 aliphatic heterocycles. The Morgan fingerprint density at radius 3 is 2.71 bits per heavy atom. The summed E-state index contributed by atoms with van der Waals surface area (Å²) in [5, 5.41) is 0. The number of rotatable bonds is 5. The van der Waals surface area contributed by atoms with Crippen LogP contribution in [-0.4, -0.2) is 42.1 Å². The molecule has 2 rings (SSSR count). The first-order valence-electron chi connectivity index (χ1n) is 6.70. The van der Waals surface area contributed by atoms with E-state index in [0.29, 0.717) is 31.6 Å². The Labute approximate surface area is 103 Å². The van der Waals surface area contributed by atoms with Crippen molar-refractivity contribution in [3.05, 3.63) is 0 Å². The van der Waals surface area contributed by atoms with Gasteiger partial charge in [-0.15, -0.1) is 0 Å². The maximum absolute atomic E-state index is 12.5. The van der Waals surface area contributed by atoms with E-state index in [2.05, 4.69) is 13.8 Å². The summed E-state index contributed by atoms with van der Waals surface area (Å²) < 4.78 is 5.28. The van der Waals surface area contributed by atoms with Crippen molar-refractivity contribution in [1.82, 2.24) is 4.90 Å². The fraction of sp³-hybridized carbons (Fsp3) is 0.923. The van der Waals surface area contributed by atoms with E-state index in [-0.39, 0.29) is 5.91 Å². The Bertz CT molecular complexity index is 281. The Balaban J connectivity index is 1.97. The highest BCUT2D eigenvalue weighted by Gasteiger charge is 2.44. The van der Waals surface area contributed by atoms with Crippen molar-refractivity contribution in [2.45, 2.75) is 51.1 Å². The smallest absolute Gasteiger partial charge is 0.245 e. The molecule has 0 radical (unpaired) electrons. The number of carbonyl (C=O) groups is 1. The molecule has 2 fully saturated rings. The lowest BCUT2D eigenvalue weighted by Gasteiger charge is -2.31. The molecular formula is C13H24N2O2. The molecule has 0 bridgehead atoms. The molecule has 1 aliphatic carbocycles. The van der Waals surface area contributed by atoms with Gasteiger partial charge in [0.05, 0.1) is 6.61 Å². The van der Waals surface area contributed by atoms with Crippen LogP contribution in [0.25, 0.3) is 0 Å². The van der Waals surface area contributed by atoms with Gasteiger partial charge in [0.1, 0.15) is 5.54 Å². The van der Waals surface area contributed by atoms with Crippen LogP contribution in [0.15, 0.2) is 0 Å². The van der Waals surface area contributed by atoms with E-state index < -0.39 is 5.54 Å². The van der Waals surface area contributed by atoms with Crippen LogP contribution in [0, 0.1) is 5.92 Å². The number of nitrogens with two attached hydrogens (primary N) is 1. The lowest BCUT2D eigenvalue weighted by atomic mass is 9.97. The van der Waals surface area contributed by atoms with Crippen molar-refractivity contribution in [1.29, 1.82) is 0 Å². The largest absolute Gasteiger partial charge is 0.379 e. The normalized spacial score (nSPS) is 28.7. The van der Waals surface area contributed by atoms with Gasteiger partial charge < -0.3 is 15.4 Å². The number of carbonyl (C=O) groups excluding carboxylic acids is 1. The van der Waals surface area contributed by atoms with Gasteiger partial charge >= 0.3 is 0 Å². The predicted octanol–water partition coefficient (Wildman–Crippen LogP) is 1.14. The van der Waals surface area contributed by atoms with Gasteiger partial charge in [0.15, 0.2) is 0 Å². The van der Waals surface area contributed by atoms with Gasteiger partial charge in [-0.05, 0) is 31.6 Å². The van der Waals surface area contributed by atoms with Crippen molar-refractivity contribution >= 4 is 5.91 Å². The van der Waals surface area contributed by atoms with E-state index in [1.165, 1.54) is 0 Å². The monoisotopic (exact) mass is 240 g/mol. The lowest BCUT2D eigenvalue weighted by Crippen LogP contribution is -2.56. The molecule has 4 nitrogen and oxygen atoms in total. The summed E-state index contributed by atoms with van der Waals surface area (Å²) in [4.78, 5) is 14.5. The van der Waals surface area contributed by atoms with Crippen molar-refractivity contribution in [3.63, 3.8) is 0 Å². The molecule has 2 N–H and O–H groups in total. The maximum Gasteiger partial charge on any atom is 0.245 e. The fourth-order valence-corrected chi connectivity index (χ4v) is 2.27. The summed E-state index contributed by atoms with van der Waals surface area (Å²) in [5.41, 5.74) is 5.41. The second-order valence-electron chi connectivity index (χ2n) is 5.87. The first-order valence-corrected chi connectivity index (χ1v) is 6.70.